The second-order valence-electron chi connectivity index (χ2n) is 4.91. The molecule has 0 aliphatic rings. The number of hydrogen-bond acceptors (Lipinski definition) is 3. The van der Waals surface area contributed by atoms with Crippen molar-refractivity contribution in [2.45, 2.75) is 20.3 Å². The van der Waals surface area contributed by atoms with Gasteiger partial charge in [0.05, 0.1) is 6.61 Å². The molecule has 20 heavy (non-hydrogen) atoms. The van der Waals surface area contributed by atoms with Gasteiger partial charge >= 0.3 is 0 Å². The lowest BCUT2D eigenvalue weighted by Crippen LogP contribution is -2.12. The third kappa shape index (κ3) is 2.99. The normalized spacial score (nSPS) is 10.6. The third-order valence-electron chi connectivity index (χ3n) is 3.26. The van der Waals surface area contributed by atoms with Crippen LogP contribution in [0, 0.1) is 19.3 Å². The van der Waals surface area contributed by atoms with Crippen LogP contribution < -0.4 is 10.5 Å². The van der Waals surface area contributed by atoms with Crippen molar-refractivity contribution in [2.24, 2.45) is 12.8 Å². The monoisotopic (exact) mass is 272 g/mol. The summed E-state index contributed by atoms with van der Waals surface area (Å²) in [5.41, 5.74) is 8.24. The summed E-state index contributed by atoms with van der Waals surface area (Å²) in [7, 11) is 1.97. The van der Waals surface area contributed by atoms with E-state index in [1.54, 1.807) is 6.20 Å². The zero-order chi connectivity index (χ0) is 14.7. The first kappa shape index (κ1) is 14.1. The summed E-state index contributed by atoms with van der Waals surface area (Å²) in [4.78, 5) is 4.27. The Bertz CT molecular complexity index is 608. The molecule has 0 aliphatic carbocycles. The number of nitrogens with one attached hydrogen (secondary N) is 1. The minimum Gasteiger partial charge on any atom is -0.493 e. The summed E-state index contributed by atoms with van der Waals surface area (Å²) < 4.78 is 7.85. The van der Waals surface area contributed by atoms with Gasteiger partial charge in [-0.15, -0.1) is 0 Å². The maximum Gasteiger partial charge on any atom is 0.125 e. The van der Waals surface area contributed by atoms with Crippen LogP contribution >= 0.6 is 0 Å². The SMILES string of the molecule is Cc1cc(C(=N)N)cc(C)c1OCCc1nccn1C. The minimum atomic E-state index is 0.0794. The lowest BCUT2D eigenvalue weighted by Gasteiger charge is -2.13. The van der Waals surface area contributed by atoms with Crippen molar-refractivity contribution in [1.82, 2.24) is 9.55 Å². The topological polar surface area (TPSA) is 76.9 Å². The number of hydrogen-bond donors (Lipinski definition) is 2. The molecule has 0 spiro atoms. The highest BCUT2D eigenvalue weighted by molar-refractivity contribution is 5.95. The molecule has 0 fully saturated rings. The molecule has 106 valence electrons. The van der Waals surface area contributed by atoms with Crippen molar-refractivity contribution in [3.8, 4) is 5.75 Å². The molecule has 0 amide bonds. The van der Waals surface area contributed by atoms with Crippen LogP contribution in [0.15, 0.2) is 24.5 Å². The summed E-state index contributed by atoms with van der Waals surface area (Å²) in [5, 5.41) is 7.48. The molecule has 2 rings (SSSR count). The van der Waals surface area contributed by atoms with Gasteiger partial charge in [0.25, 0.3) is 0 Å². The van der Waals surface area contributed by atoms with Gasteiger partial charge in [0.2, 0.25) is 0 Å². The molecule has 0 bridgehead atoms. The second kappa shape index (κ2) is 5.77. The van der Waals surface area contributed by atoms with E-state index >= 15 is 0 Å². The molecule has 0 saturated carbocycles. The Labute approximate surface area is 118 Å². The molecule has 2 aromatic rings. The third-order valence-corrected chi connectivity index (χ3v) is 3.26. The molecular weight excluding hydrogens is 252 g/mol. The number of aryl methyl sites for hydroxylation is 3. The Kier molecular flexibility index (Phi) is 4.08. The highest BCUT2D eigenvalue weighted by atomic mass is 16.5. The van der Waals surface area contributed by atoms with E-state index in [4.69, 9.17) is 15.9 Å². The van der Waals surface area contributed by atoms with E-state index in [9.17, 15) is 0 Å². The largest absolute Gasteiger partial charge is 0.493 e. The minimum absolute atomic E-state index is 0.0794. The number of aromatic nitrogens is 2. The van der Waals surface area contributed by atoms with Crippen molar-refractivity contribution in [3.05, 3.63) is 47.0 Å². The van der Waals surface area contributed by atoms with Gasteiger partial charge in [-0.25, -0.2) is 4.98 Å². The van der Waals surface area contributed by atoms with Crippen molar-refractivity contribution >= 4 is 5.84 Å². The number of imidazole rings is 1. The van der Waals surface area contributed by atoms with E-state index in [0.717, 1.165) is 34.7 Å². The number of nitrogen functional groups attached to an aromatic ring is 1. The molecule has 0 radical (unpaired) electrons. The van der Waals surface area contributed by atoms with E-state index in [1.807, 2.05) is 43.8 Å². The molecule has 0 atom stereocenters. The fourth-order valence-electron chi connectivity index (χ4n) is 2.22. The zero-order valence-corrected chi connectivity index (χ0v) is 12.1. The summed E-state index contributed by atoms with van der Waals surface area (Å²) in [6, 6.07) is 3.76. The molecule has 5 heteroatoms. The predicted molar refractivity (Wildman–Crippen MR) is 79.3 cm³/mol. The molecule has 5 nitrogen and oxygen atoms in total. The lowest BCUT2D eigenvalue weighted by atomic mass is 10.1. The summed E-state index contributed by atoms with van der Waals surface area (Å²) >= 11 is 0. The summed E-state index contributed by atoms with van der Waals surface area (Å²) in [6.07, 6.45) is 4.47. The summed E-state index contributed by atoms with van der Waals surface area (Å²) in [6.45, 7) is 4.51. The van der Waals surface area contributed by atoms with Crippen LogP contribution in [0.5, 0.6) is 5.75 Å². The van der Waals surface area contributed by atoms with Crippen LogP contribution in [-0.2, 0) is 13.5 Å². The van der Waals surface area contributed by atoms with Crippen LogP contribution in [0.4, 0.5) is 0 Å². The lowest BCUT2D eigenvalue weighted by molar-refractivity contribution is 0.313. The van der Waals surface area contributed by atoms with Crippen LogP contribution in [0.1, 0.15) is 22.5 Å². The van der Waals surface area contributed by atoms with E-state index < -0.39 is 0 Å². The van der Waals surface area contributed by atoms with Gasteiger partial charge in [0, 0.05) is 31.4 Å². The van der Waals surface area contributed by atoms with Crippen molar-refractivity contribution in [2.75, 3.05) is 6.61 Å². The molecule has 1 heterocycles. The molecule has 0 saturated heterocycles. The fourth-order valence-corrected chi connectivity index (χ4v) is 2.22. The van der Waals surface area contributed by atoms with E-state index in [0.29, 0.717) is 6.61 Å². The predicted octanol–water partition coefficient (Wildman–Crippen LogP) is 1.94. The molecule has 3 N–H and O–H groups in total. The van der Waals surface area contributed by atoms with E-state index in [1.165, 1.54) is 0 Å². The van der Waals surface area contributed by atoms with Crippen molar-refractivity contribution in [3.63, 3.8) is 0 Å². The molecule has 1 aromatic carbocycles. The highest BCUT2D eigenvalue weighted by Gasteiger charge is 2.08. The number of nitrogens with two attached hydrogens (primary N) is 1. The van der Waals surface area contributed by atoms with Gasteiger partial charge in [-0.3, -0.25) is 5.41 Å². The average molecular weight is 272 g/mol. The van der Waals surface area contributed by atoms with Crippen LogP contribution in [-0.4, -0.2) is 22.0 Å². The number of amidine groups is 1. The first-order chi connectivity index (χ1) is 9.49. The van der Waals surface area contributed by atoms with Gasteiger partial charge in [0.1, 0.15) is 17.4 Å². The van der Waals surface area contributed by atoms with E-state index in [2.05, 4.69) is 4.98 Å². The van der Waals surface area contributed by atoms with Crippen molar-refractivity contribution in [1.29, 1.82) is 5.41 Å². The molecule has 0 aliphatic heterocycles. The number of benzene rings is 1. The average Bonchev–Trinajstić information content (AvgIpc) is 2.78. The molecule has 1 aromatic heterocycles. The van der Waals surface area contributed by atoms with Gasteiger partial charge in [0.15, 0.2) is 0 Å². The number of rotatable bonds is 5. The Morgan fingerprint density at radius 3 is 2.50 bits per heavy atom. The highest BCUT2D eigenvalue weighted by Crippen LogP contribution is 2.24. The zero-order valence-electron chi connectivity index (χ0n) is 12.1. The van der Waals surface area contributed by atoms with E-state index in [-0.39, 0.29) is 5.84 Å². The van der Waals surface area contributed by atoms with Crippen LogP contribution in [0.3, 0.4) is 0 Å². The standard InChI is InChI=1S/C15H20N4O/c1-10-8-12(15(16)17)9-11(2)14(10)20-7-4-13-18-5-6-19(13)3/h5-6,8-9H,4,7H2,1-3H3,(H3,16,17). The Hall–Kier alpha value is -2.30. The van der Waals surface area contributed by atoms with Gasteiger partial charge in [-0.05, 0) is 37.1 Å². The van der Waals surface area contributed by atoms with Gasteiger partial charge in [-0.1, -0.05) is 0 Å². The quantitative estimate of drug-likeness (QED) is 0.645. The number of ether oxygens (including phenoxy) is 1. The van der Waals surface area contributed by atoms with Crippen molar-refractivity contribution < 1.29 is 4.74 Å². The fraction of sp³-hybridized carbons (Fsp3) is 0.333. The number of nitrogens with zero attached hydrogens (tertiary/aromatic N) is 2. The molecule has 0 unspecified atom stereocenters. The first-order valence-electron chi connectivity index (χ1n) is 6.53. The maximum atomic E-state index is 7.48. The maximum absolute atomic E-state index is 7.48. The summed E-state index contributed by atoms with van der Waals surface area (Å²) in [5.74, 6) is 1.95. The Balaban J connectivity index is 2.06. The van der Waals surface area contributed by atoms with Gasteiger partial charge < -0.3 is 15.0 Å². The van der Waals surface area contributed by atoms with Gasteiger partial charge in [-0.2, -0.15) is 0 Å². The second-order valence-corrected chi connectivity index (χ2v) is 4.91. The molecular formula is C15H20N4O. The smallest absolute Gasteiger partial charge is 0.125 e. The first-order valence-corrected chi connectivity index (χ1v) is 6.53. The Morgan fingerprint density at radius 2 is 2.00 bits per heavy atom. The van der Waals surface area contributed by atoms with Crippen LogP contribution in [0.25, 0.3) is 0 Å². The Morgan fingerprint density at radius 1 is 1.35 bits per heavy atom. The van der Waals surface area contributed by atoms with Crippen LogP contribution in [0.2, 0.25) is 0 Å².